The van der Waals surface area contributed by atoms with Gasteiger partial charge in [-0.1, -0.05) is 44.2 Å². The Morgan fingerprint density at radius 2 is 1.91 bits per heavy atom. The van der Waals surface area contributed by atoms with Crippen LogP contribution in [0.3, 0.4) is 0 Å². The number of hydrogen-bond acceptors (Lipinski definition) is 5. The van der Waals surface area contributed by atoms with E-state index in [0.717, 1.165) is 29.7 Å². The molecule has 0 radical (unpaired) electrons. The third-order valence-corrected chi connectivity index (χ3v) is 3.87. The summed E-state index contributed by atoms with van der Waals surface area (Å²) < 4.78 is 5.54. The van der Waals surface area contributed by atoms with Gasteiger partial charge in [0.25, 0.3) is 0 Å². The first kappa shape index (κ1) is 16.9. The maximum atomic E-state index is 9.50. The summed E-state index contributed by atoms with van der Waals surface area (Å²) in [6.45, 7) is 4.58. The van der Waals surface area contributed by atoms with E-state index in [1.165, 1.54) is 0 Å². The Hall–Kier alpha value is -2.45. The fourth-order valence-corrected chi connectivity index (χ4v) is 2.61. The monoisotopic (exact) mass is 310 g/mol. The molecule has 0 saturated heterocycles. The molecule has 0 spiro atoms. The van der Waals surface area contributed by atoms with Crippen LogP contribution in [0, 0.1) is 11.3 Å². The van der Waals surface area contributed by atoms with Crippen LogP contribution in [0.4, 0.5) is 5.82 Å². The second kappa shape index (κ2) is 8.25. The van der Waals surface area contributed by atoms with E-state index in [9.17, 15) is 5.26 Å². The van der Waals surface area contributed by atoms with Crippen LogP contribution in [0.1, 0.15) is 42.3 Å². The van der Waals surface area contributed by atoms with Crippen molar-refractivity contribution < 1.29 is 4.74 Å². The second-order valence-corrected chi connectivity index (χ2v) is 5.18. The van der Waals surface area contributed by atoms with Crippen molar-refractivity contribution in [2.75, 3.05) is 19.0 Å². The molecule has 0 aliphatic rings. The molecule has 5 heteroatoms. The lowest BCUT2D eigenvalue weighted by Crippen LogP contribution is -2.17. The lowest BCUT2D eigenvalue weighted by Gasteiger charge is -2.18. The van der Waals surface area contributed by atoms with Crippen molar-refractivity contribution in [2.45, 2.75) is 32.8 Å². The van der Waals surface area contributed by atoms with Crippen molar-refractivity contribution in [3.05, 3.63) is 52.7 Å². The van der Waals surface area contributed by atoms with Gasteiger partial charge < -0.3 is 10.1 Å². The summed E-state index contributed by atoms with van der Waals surface area (Å²) in [5, 5.41) is 21.2. The molecular weight excluding hydrogens is 288 g/mol. The summed E-state index contributed by atoms with van der Waals surface area (Å²) in [5.74, 6) is 0.527. The third-order valence-electron chi connectivity index (χ3n) is 3.87. The summed E-state index contributed by atoms with van der Waals surface area (Å²) in [5.41, 5.74) is 3.53. The van der Waals surface area contributed by atoms with Gasteiger partial charge in [-0.2, -0.15) is 10.4 Å². The van der Waals surface area contributed by atoms with E-state index in [1.54, 1.807) is 7.11 Å². The fourth-order valence-electron chi connectivity index (χ4n) is 2.61. The number of nitrogens with one attached hydrogen (secondary N) is 1. The van der Waals surface area contributed by atoms with Gasteiger partial charge in [-0.3, -0.25) is 0 Å². The van der Waals surface area contributed by atoms with Gasteiger partial charge in [-0.25, -0.2) is 0 Å². The Balaban J connectivity index is 2.22. The summed E-state index contributed by atoms with van der Waals surface area (Å²) in [7, 11) is 1.67. The highest BCUT2D eigenvalue weighted by Crippen LogP contribution is 2.22. The number of aromatic nitrogens is 2. The van der Waals surface area contributed by atoms with E-state index >= 15 is 0 Å². The molecule has 1 unspecified atom stereocenters. The van der Waals surface area contributed by atoms with Crippen LogP contribution in [0.2, 0.25) is 0 Å². The minimum absolute atomic E-state index is 0.111. The molecule has 0 aliphatic carbocycles. The molecule has 1 atom stereocenters. The van der Waals surface area contributed by atoms with E-state index in [1.807, 2.05) is 44.2 Å². The van der Waals surface area contributed by atoms with Crippen molar-refractivity contribution in [3.63, 3.8) is 0 Å². The molecule has 1 aromatic heterocycles. The van der Waals surface area contributed by atoms with E-state index in [-0.39, 0.29) is 6.10 Å². The Labute approximate surface area is 137 Å². The minimum atomic E-state index is -0.111. The highest BCUT2D eigenvalue weighted by molar-refractivity contribution is 5.56. The highest BCUT2D eigenvalue weighted by Gasteiger charge is 2.16. The second-order valence-electron chi connectivity index (χ2n) is 5.18. The standard InChI is InChI=1S/C18H22N4O/c1-4-14-15(11-19)18(22-21-16(14)5-2)20-12-17(23-3)13-9-7-6-8-10-13/h6-10,17H,4-5,12H2,1-3H3,(H,20,22). The minimum Gasteiger partial charge on any atom is -0.375 e. The topological polar surface area (TPSA) is 70.8 Å². The van der Waals surface area contributed by atoms with Crippen molar-refractivity contribution in [3.8, 4) is 6.07 Å². The molecule has 5 nitrogen and oxygen atoms in total. The Kier molecular flexibility index (Phi) is 6.07. The summed E-state index contributed by atoms with van der Waals surface area (Å²) in [4.78, 5) is 0. The number of nitriles is 1. The average molecular weight is 310 g/mol. The average Bonchev–Trinajstić information content (AvgIpc) is 2.62. The molecule has 2 aromatic rings. The molecule has 0 bridgehead atoms. The first-order valence-corrected chi connectivity index (χ1v) is 7.85. The van der Waals surface area contributed by atoms with Crippen LogP contribution in [-0.4, -0.2) is 23.9 Å². The molecule has 0 aliphatic heterocycles. The van der Waals surface area contributed by atoms with Crippen molar-refractivity contribution in [2.24, 2.45) is 0 Å². The smallest absolute Gasteiger partial charge is 0.167 e. The molecule has 0 saturated carbocycles. The molecule has 0 fully saturated rings. The Morgan fingerprint density at radius 1 is 1.17 bits per heavy atom. The summed E-state index contributed by atoms with van der Waals surface area (Å²) in [6.07, 6.45) is 1.43. The normalized spacial score (nSPS) is 11.7. The molecule has 120 valence electrons. The number of hydrogen-bond donors (Lipinski definition) is 1. The van der Waals surface area contributed by atoms with Crippen LogP contribution >= 0.6 is 0 Å². The maximum absolute atomic E-state index is 9.50. The van der Waals surface area contributed by atoms with Crippen LogP contribution < -0.4 is 5.32 Å². The molecule has 2 rings (SSSR count). The van der Waals surface area contributed by atoms with E-state index < -0.39 is 0 Å². The third kappa shape index (κ3) is 3.85. The molecular formula is C18H22N4O. The number of methoxy groups -OCH3 is 1. The van der Waals surface area contributed by atoms with Gasteiger partial charge in [0.2, 0.25) is 0 Å². The number of aryl methyl sites for hydroxylation is 1. The van der Waals surface area contributed by atoms with E-state index in [2.05, 4.69) is 21.6 Å². The Bertz CT molecular complexity index is 679. The zero-order valence-corrected chi connectivity index (χ0v) is 13.8. The maximum Gasteiger partial charge on any atom is 0.167 e. The molecule has 1 N–H and O–H groups in total. The number of rotatable bonds is 7. The number of nitrogens with zero attached hydrogens (tertiary/aromatic N) is 3. The van der Waals surface area contributed by atoms with Gasteiger partial charge in [0.15, 0.2) is 5.82 Å². The van der Waals surface area contributed by atoms with Gasteiger partial charge in [-0.05, 0) is 24.0 Å². The van der Waals surface area contributed by atoms with Crippen LogP contribution in [0.25, 0.3) is 0 Å². The predicted molar refractivity (Wildman–Crippen MR) is 90.2 cm³/mol. The fraction of sp³-hybridized carbons (Fsp3) is 0.389. The van der Waals surface area contributed by atoms with Gasteiger partial charge in [0.05, 0.1) is 11.8 Å². The van der Waals surface area contributed by atoms with Crippen LogP contribution in [0.15, 0.2) is 30.3 Å². The highest BCUT2D eigenvalue weighted by atomic mass is 16.5. The van der Waals surface area contributed by atoms with Crippen LogP contribution in [0.5, 0.6) is 0 Å². The number of anilines is 1. The first-order valence-electron chi connectivity index (χ1n) is 7.85. The zero-order valence-electron chi connectivity index (χ0n) is 13.8. The predicted octanol–water partition coefficient (Wildman–Crippen LogP) is 3.27. The van der Waals surface area contributed by atoms with E-state index in [0.29, 0.717) is 17.9 Å². The molecule has 23 heavy (non-hydrogen) atoms. The van der Waals surface area contributed by atoms with Crippen LogP contribution in [-0.2, 0) is 17.6 Å². The molecule has 1 heterocycles. The summed E-state index contributed by atoms with van der Waals surface area (Å²) >= 11 is 0. The van der Waals surface area contributed by atoms with Gasteiger partial charge >= 0.3 is 0 Å². The molecule has 1 aromatic carbocycles. The van der Waals surface area contributed by atoms with Gasteiger partial charge in [0, 0.05) is 13.7 Å². The van der Waals surface area contributed by atoms with Gasteiger partial charge in [0.1, 0.15) is 11.6 Å². The quantitative estimate of drug-likeness (QED) is 0.850. The number of ether oxygens (including phenoxy) is 1. The largest absolute Gasteiger partial charge is 0.375 e. The number of benzene rings is 1. The first-order chi connectivity index (χ1) is 11.2. The SMILES string of the molecule is CCc1nnc(NCC(OC)c2ccccc2)c(C#N)c1CC. The Morgan fingerprint density at radius 3 is 2.48 bits per heavy atom. The zero-order chi connectivity index (χ0) is 16.7. The molecule has 0 amide bonds. The van der Waals surface area contributed by atoms with Crippen molar-refractivity contribution in [1.82, 2.24) is 10.2 Å². The van der Waals surface area contributed by atoms with Crippen molar-refractivity contribution >= 4 is 5.82 Å². The van der Waals surface area contributed by atoms with Gasteiger partial charge in [-0.15, -0.1) is 5.10 Å². The lowest BCUT2D eigenvalue weighted by atomic mass is 10.0. The van der Waals surface area contributed by atoms with Crippen molar-refractivity contribution in [1.29, 1.82) is 5.26 Å². The van der Waals surface area contributed by atoms with E-state index in [4.69, 9.17) is 4.74 Å². The lowest BCUT2D eigenvalue weighted by molar-refractivity contribution is 0.114. The summed E-state index contributed by atoms with van der Waals surface area (Å²) in [6, 6.07) is 12.2.